The highest BCUT2D eigenvalue weighted by atomic mass is 35.5. The maximum absolute atomic E-state index is 12.1. The van der Waals surface area contributed by atoms with E-state index in [1.54, 1.807) is 39.1 Å². The molecule has 0 heterocycles. The van der Waals surface area contributed by atoms with E-state index >= 15 is 0 Å². The van der Waals surface area contributed by atoms with Crippen LogP contribution in [0, 0.1) is 0 Å². The minimum Gasteiger partial charge on any atom is -0.398 e. The number of anilines is 1. The summed E-state index contributed by atoms with van der Waals surface area (Å²) in [6.45, 7) is 3.47. The van der Waals surface area contributed by atoms with Crippen molar-refractivity contribution >= 4 is 23.2 Å². The molecular formula is C12H17ClN2O2. The maximum atomic E-state index is 12.1. The maximum Gasteiger partial charge on any atom is 0.257 e. The van der Waals surface area contributed by atoms with Crippen LogP contribution in [0.3, 0.4) is 0 Å². The summed E-state index contributed by atoms with van der Waals surface area (Å²) in [5.74, 6) is -0.296. The lowest BCUT2D eigenvalue weighted by Crippen LogP contribution is -2.40. The Morgan fingerprint density at radius 2 is 2.12 bits per heavy atom. The molecule has 0 spiro atoms. The standard InChI is InChI=1S/C12H17ClN2O2/c1-12(2,17)7-15(3)11(16)10-8(13)5-4-6-9(10)14/h4-6,17H,7,14H2,1-3H3. The van der Waals surface area contributed by atoms with Crippen LogP contribution in [0.4, 0.5) is 5.69 Å². The molecule has 0 bridgehead atoms. The first-order valence-electron chi connectivity index (χ1n) is 5.24. The fourth-order valence-corrected chi connectivity index (χ4v) is 1.87. The van der Waals surface area contributed by atoms with Gasteiger partial charge in [-0.15, -0.1) is 0 Å². The van der Waals surface area contributed by atoms with Gasteiger partial charge in [-0.1, -0.05) is 17.7 Å². The summed E-state index contributed by atoms with van der Waals surface area (Å²) < 4.78 is 0. The van der Waals surface area contributed by atoms with E-state index in [-0.39, 0.29) is 18.0 Å². The van der Waals surface area contributed by atoms with Crippen molar-refractivity contribution in [2.24, 2.45) is 0 Å². The van der Waals surface area contributed by atoms with Crippen molar-refractivity contribution in [2.45, 2.75) is 19.4 Å². The van der Waals surface area contributed by atoms with Gasteiger partial charge in [-0.25, -0.2) is 0 Å². The first-order valence-corrected chi connectivity index (χ1v) is 5.62. The quantitative estimate of drug-likeness (QED) is 0.810. The second kappa shape index (κ2) is 4.94. The number of likely N-dealkylation sites (N-methyl/N-ethyl adjacent to an activating group) is 1. The number of halogens is 1. The first-order chi connectivity index (χ1) is 7.72. The lowest BCUT2D eigenvalue weighted by molar-refractivity contribution is 0.0368. The third-order valence-corrected chi connectivity index (χ3v) is 2.55. The van der Waals surface area contributed by atoms with Gasteiger partial charge in [-0.05, 0) is 26.0 Å². The van der Waals surface area contributed by atoms with Crippen molar-refractivity contribution in [3.8, 4) is 0 Å². The minimum absolute atomic E-state index is 0.205. The van der Waals surface area contributed by atoms with Gasteiger partial charge in [0.1, 0.15) is 0 Å². The van der Waals surface area contributed by atoms with Crippen LogP contribution in [-0.2, 0) is 0 Å². The topological polar surface area (TPSA) is 66.6 Å². The van der Waals surface area contributed by atoms with Crippen molar-refractivity contribution < 1.29 is 9.90 Å². The van der Waals surface area contributed by atoms with Gasteiger partial charge in [-0.3, -0.25) is 4.79 Å². The predicted molar refractivity (Wildman–Crippen MR) is 69.1 cm³/mol. The van der Waals surface area contributed by atoms with Crippen LogP contribution in [-0.4, -0.2) is 35.1 Å². The summed E-state index contributed by atoms with van der Waals surface area (Å²) in [5, 5.41) is 9.98. The average molecular weight is 257 g/mol. The predicted octanol–water partition coefficient (Wildman–Crippen LogP) is 1.77. The van der Waals surface area contributed by atoms with Crippen LogP contribution in [0.2, 0.25) is 5.02 Å². The molecule has 1 aromatic rings. The second-order valence-corrected chi connectivity index (χ2v) is 5.08. The van der Waals surface area contributed by atoms with E-state index in [1.165, 1.54) is 4.90 Å². The zero-order valence-corrected chi connectivity index (χ0v) is 11.0. The Balaban J connectivity index is 2.97. The number of nitrogens with two attached hydrogens (primary N) is 1. The number of hydrogen-bond donors (Lipinski definition) is 2. The molecule has 94 valence electrons. The van der Waals surface area contributed by atoms with E-state index in [4.69, 9.17) is 17.3 Å². The van der Waals surface area contributed by atoms with Crippen molar-refractivity contribution in [1.82, 2.24) is 4.90 Å². The molecule has 0 aliphatic carbocycles. The van der Waals surface area contributed by atoms with Gasteiger partial charge in [-0.2, -0.15) is 0 Å². The van der Waals surface area contributed by atoms with Gasteiger partial charge in [0.25, 0.3) is 5.91 Å². The number of benzene rings is 1. The highest BCUT2D eigenvalue weighted by molar-refractivity contribution is 6.34. The number of nitrogens with zero attached hydrogens (tertiary/aromatic N) is 1. The van der Waals surface area contributed by atoms with Crippen LogP contribution < -0.4 is 5.73 Å². The van der Waals surface area contributed by atoms with Gasteiger partial charge < -0.3 is 15.7 Å². The molecule has 1 rings (SSSR count). The molecule has 0 fully saturated rings. The summed E-state index contributed by atoms with van der Waals surface area (Å²) in [4.78, 5) is 13.5. The molecule has 0 aromatic heterocycles. The average Bonchev–Trinajstić information content (AvgIpc) is 2.14. The van der Waals surface area contributed by atoms with Crippen LogP contribution >= 0.6 is 11.6 Å². The fraction of sp³-hybridized carbons (Fsp3) is 0.417. The summed E-state index contributed by atoms with van der Waals surface area (Å²) >= 11 is 5.95. The molecule has 0 saturated carbocycles. The largest absolute Gasteiger partial charge is 0.398 e. The Kier molecular flexibility index (Phi) is 4.01. The third-order valence-electron chi connectivity index (χ3n) is 2.23. The van der Waals surface area contributed by atoms with Crippen molar-refractivity contribution in [3.05, 3.63) is 28.8 Å². The highest BCUT2D eigenvalue weighted by Crippen LogP contribution is 2.23. The molecule has 0 atom stereocenters. The van der Waals surface area contributed by atoms with Crippen LogP contribution in [0.5, 0.6) is 0 Å². The van der Waals surface area contributed by atoms with Gasteiger partial charge >= 0.3 is 0 Å². The van der Waals surface area contributed by atoms with Gasteiger partial charge in [0.05, 0.1) is 16.2 Å². The smallest absolute Gasteiger partial charge is 0.257 e. The molecule has 1 aromatic carbocycles. The van der Waals surface area contributed by atoms with Crippen molar-refractivity contribution in [2.75, 3.05) is 19.3 Å². The number of rotatable bonds is 3. The Morgan fingerprint density at radius 3 is 2.59 bits per heavy atom. The number of carbonyl (C=O) groups is 1. The number of hydrogen-bond acceptors (Lipinski definition) is 3. The summed E-state index contributed by atoms with van der Waals surface area (Å²) in [6.07, 6.45) is 0. The Hall–Kier alpha value is -1.26. The van der Waals surface area contributed by atoms with Crippen molar-refractivity contribution in [3.63, 3.8) is 0 Å². The summed E-state index contributed by atoms with van der Waals surface area (Å²) in [5.41, 5.74) is 5.39. The molecular weight excluding hydrogens is 240 g/mol. The van der Waals surface area contributed by atoms with Crippen LogP contribution in [0.25, 0.3) is 0 Å². The zero-order valence-electron chi connectivity index (χ0n) is 10.2. The monoisotopic (exact) mass is 256 g/mol. The van der Waals surface area contributed by atoms with Gasteiger partial charge in [0, 0.05) is 19.3 Å². The molecule has 0 radical (unpaired) electrons. The lowest BCUT2D eigenvalue weighted by atomic mass is 10.1. The molecule has 1 amide bonds. The SMILES string of the molecule is CN(CC(C)(C)O)C(=O)c1c(N)cccc1Cl. The molecule has 5 heteroatoms. The Bertz CT molecular complexity index is 407. The molecule has 0 unspecified atom stereocenters. The number of nitrogen functional groups attached to an aromatic ring is 1. The number of amides is 1. The van der Waals surface area contributed by atoms with E-state index in [1.807, 2.05) is 0 Å². The van der Waals surface area contributed by atoms with Crippen LogP contribution in [0.1, 0.15) is 24.2 Å². The Morgan fingerprint density at radius 1 is 1.53 bits per heavy atom. The second-order valence-electron chi connectivity index (χ2n) is 4.68. The molecule has 0 aliphatic rings. The molecule has 17 heavy (non-hydrogen) atoms. The minimum atomic E-state index is -0.958. The van der Waals surface area contributed by atoms with Gasteiger partial charge in [0.2, 0.25) is 0 Å². The summed E-state index contributed by atoms with van der Waals surface area (Å²) in [6, 6.07) is 4.92. The molecule has 4 nitrogen and oxygen atoms in total. The van der Waals surface area contributed by atoms with Crippen molar-refractivity contribution in [1.29, 1.82) is 0 Å². The summed E-state index contributed by atoms with van der Waals surface area (Å²) in [7, 11) is 1.60. The van der Waals surface area contributed by atoms with Crippen LogP contribution in [0.15, 0.2) is 18.2 Å². The molecule has 0 aliphatic heterocycles. The number of carbonyl (C=O) groups excluding carboxylic acids is 1. The number of aliphatic hydroxyl groups is 1. The van der Waals surface area contributed by atoms with E-state index in [2.05, 4.69) is 0 Å². The van der Waals surface area contributed by atoms with E-state index in [0.717, 1.165) is 0 Å². The highest BCUT2D eigenvalue weighted by Gasteiger charge is 2.23. The molecule has 0 saturated heterocycles. The third kappa shape index (κ3) is 3.61. The fourth-order valence-electron chi connectivity index (χ4n) is 1.61. The lowest BCUT2D eigenvalue weighted by Gasteiger charge is -2.26. The van der Waals surface area contributed by atoms with E-state index in [0.29, 0.717) is 10.7 Å². The Labute approximate surface area is 106 Å². The van der Waals surface area contributed by atoms with E-state index in [9.17, 15) is 9.90 Å². The normalized spacial score (nSPS) is 11.4. The zero-order chi connectivity index (χ0) is 13.2. The van der Waals surface area contributed by atoms with Gasteiger partial charge in [0.15, 0.2) is 0 Å². The first kappa shape index (κ1) is 13.8. The molecule has 3 N–H and O–H groups in total. The van der Waals surface area contributed by atoms with E-state index < -0.39 is 5.60 Å².